The van der Waals surface area contributed by atoms with Gasteiger partial charge >= 0.3 is 5.97 Å². The topological polar surface area (TPSA) is 46.5 Å². The summed E-state index contributed by atoms with van der Waals surface area (Å²) >= 11 is 1.60. The quantitative estimate of drug-likeness (QED) is 0.437. The van der Waals surface area contributed by atoms with Crippen molar-refractivity contribution in [2.75, 3.05) is 7.11 Å². The summed E-state index contributed by atoms with van der Waals surface area (Å²) in [7, 11) is 1.37. The first-order valence-corrected chi connectivity index (χ1v) is 10.1. The first kappa shape index (κ1) is 20.2. The Morgan fingerprint density at radius 1 is 0.893 bits per heavy atom. The van der Waals surface area contributed by atoms with Crippen LogP contribution in [-0.4, -0.2) is 23.4 Å². The molecule has 1 N–H and O–H groups in total. The fraction of sp³-hybridized carbons (Fsp3) is 0.208. The molecule has 0 radical (unpaired) electrons. The SMILES string of the molecule is COC(=O)[C@@H](C(O)c1ccccc1)[C@H](Cc1ccccc1)Sc1ccccc1. The Balaban J connectivity index is 1.96. The number of methoxy groups -OCH3 is 1. The zero-order chi connectivity index (χ0) is 19.8. The summed E-state index contributed by atoms with van der Waals surface area (Å²) in [6.07, 6.45) is -0.303. The molecule has 144 valence electrons. The number of thioether (sulfide) groups is 1. The number of hydrogen-bond donors (Lipinski definition) is 1. The lowest BCUT2D eigenvalue weighted by Crippen LogP contribution is -2.34. The molecule has 0 saturated carbocycles. The van der Waals surface area contributed by atoms with Crippen LogP contribution in [0.4, 0.5) is 0 Å². The number of carbonyl (C=O) groups excluding carboxylic acids is 1. The summed E-state index contributed by atoms with van der Waals surface area (Å²) in [6.45, 7) is 0. The monoisotopic (exact) mass is 392 g/mol. The molecule has 3 nitrogen and oxygen atoms in total. The Hall–Kier alpha value is -2.56. The smallest absolute Gasteiger partial charge is 0.312 e. The van der Waals surface area contributed by atoms with Gasteiger partial charge in [0.15, 0.2) is 0 Å². The van der Waals surface area contributed by atoms with Crippen molar-refractivity contribution in [1.29, 1.82) is 0 Å². The van der Waals surface area contributed by atoms with Crippen molar-refractivity contribution in [3.05, 3.63) is 102 Å². The molecule has 0 aliphatic carbocycles. The first-order chi connectivity index (χ1) is 13.7. The summed E-state index contributed by atoms with van der Waals surface area (Å²) in [6, 6.07) is 29.3. The van der Waals surface area contributed by atoms with E-state index in [0.29, 0.717) is 12.0 Å². The molecular weight excluding hydrogens is 368 g/mol. The van der Waals surface area contributed by atoms with Gasteiger partial charge in [0.05, 0.1) is 19.1 Å². The number of rotatable bonds is 8. The number of carbonyl (C=O) groups is 1. The number of benzene rings is 3. The second-order valence-corrected chi connectivity index (χ2v) is 7.88. The van der Waals surface area contributed by atoms with Crippen LogP contribution in [0.3, 0.4) is 0 Å². The van der Waals surface area contributed by atoms with Crippen molar-refractivity contribution in [3.8, 4) is 0 Å². The molecule has 0 aliphatic rings. The Kier molecular flexibility index (Phi) is 7.29. The predicted octanol–water partition coefficient (Wildman–Crippen LogP) is 4.91. The predicted molar refractivity (Wildman–Crippen MR) is 113 cm³/mol. The van der Waals surface area contributed by atoms with Gasteiger partial charge in [0, 0.05) is 10.1 Å². The van der Waals surface area contributed by atoms with E-state index in [1.807, 2.05) is 91.0 Å². The van der Waals surface area contributed by atoms with Gasteiger partial charge in [0.25, 0.3) is 0 Å². The van der Waals surface area contributed by atoms with Gasteiger partial charge < -0.3 is 9.84 Å². The fourth-order valence-corrected chi connectivity index (χ4v) is 4.59. The zero-order valence-electron chi connectivity index (χ0n) is 15.8. The fourth-order valence-electron chi connectivity index (χ4n) is 3.24. The number of esters is 1. The molecule has 28 heavy (non-hydrogen) atoms. The molecule has 0 amide bonds. The maximum atomic E-state index is 12.8. The largest absolute Gasteiger partial charge is 0.469 e. The normalized spacial score (nSPS) is 14.1. The lowest BCUT2D eigenvalue weighted by atomic mass is 9.89. The van der Waals surface area contributed by atoms with Crippen LogP contribution in [0.15, 0.2) is 95.9 Å². The molecule has 4 heteroatoms. The van der Waals surface area contributed by atoms with Crippen molar-refractivity contribution < 1.29 is 14.6 Å². The summed E-state index contributed by atoms with van der Waals surface area (Å²) < 4.78 is 5.10. The van der Waals surface area contributed by atoms with E-state index in [0.717, 1.165) is 10.5 Å². The minimum atomic E-state index is -0.946. The average Bonchev–Trinajstić information content (AvgIpc) is 2.75. The van der Waals surface area contributed by atoms with Crippen LogP contribution in [0.25, 0.3) is 0 Å². The van der Waals surface area contributed by atoms with E-state index in [-0.39, 0.29) is 5.25 Å². The molecule has 3 aromatic carbocycles. The van der Waals surface area contributed by atoms with E-state index in [1.165, 1.54) is 7.11 Å². The Morgan fingerprint density at radius 2 is 1.43 bits per heavy atom. The van der Waals surface area contributed by atoms with E-state index in [9.17, 15) is 9.90 Å². The third-order valence-corrected chi connectivity index (χ3v) is 5.97. The lowest BCUT2D eigenvalue weighted by molar-refractivity contribution is -0.149. The lowest BCUT2D eigenvalue weighted by Gasteiger charge is -2.29. The third kappa shape index (κ3) is 5.24. The average molecular weight is 393 g/mol. The molecule has 0 bridgehead atoms. The van der Waals surface area contributed by atoms with Gasteiger partial charge in [-0.15, -0.1) is 11.8 Å². The number of aliphatic hydroxyl groups excluding tert-OH is 1. The van der Waals surface area contributed by atoms with E-state index in [4.69, 9.17) is 4.74 Å². The van der Waals surface area contributed by atoms with E-state index >= 15 is 0 Å². The highest BCUT2D eigenvalue weighted by atomic mass is 32.2. The molecule has 0 saturated heterocycles. The van der Waals surface area contributed by atoms with Crippen LogP contribution in [0, 0.1) is 5.92 Å². The Bertz CT molecular complexity index is 811. The molecule has 0 aromatic heterocycles. The van der Waals surface area contributed by atoms with Gasteiger partial charge in [-0.25, -0.2) is 0 Å². The highest BCUT2D eigenvalue weighted by Crippen LogP contribution is 2.37. The van der Waals surface area contributed by atoms with E-state index in [2.05, 4.69) is 0 Å². The molecule has 0 aliphatic heterocycles. The molecule has 1 unspecified atom stereocenters. The highest BCUT2D eigenvalue weighted by Gasteiger charge is 2.37. The minimum absolute atomic E-state index is 0.188. The zero-order valence-corrected chi connectivity index (χ0v) is 16.6. The Labute approximate surface area is 170 Å². The van der Waals surface area contributed by atoms with Crippen molar-refractivity contribution in [2.24, 2.45) is 5.92 Å². The van der Waals surface area contributed by atoms with Gasteiger partial charge in [0.1, 0.15) is 0 Å². The summed E-state index contributed by atoms with van der Waals surface area (Å²) in [5.41, 5.74) is 1.83. The van der Waals surface area contributed by atoms with Gasteiger partial charge in [-0.3, -0.25) is 4.79 Å². The van der Waals surface area contributed by atoms with Crippen LogP contribution in [0.5, 0.6) is 0 Å². The van der Waals surface area contributed by atoms with E-state index in [1.54, 1.807) is 11.8 Å². The number of hydrogen-bond acceptors (Lipinski definition) is 4. The third-order valence-electron chi connectivity index (χ3n) is 4.67. The van der Waals surface area contributed by atoms with Crippen molar-refractivity contribution in [2.45, 2.75) is 22.7 Å². The maximum absolute atomic E-state index is 12.8. The second-order valence-electron chi connectivity index (χ2n) is 6.56. The van der Waals surface area contributed by atoms with Crippen LogP contribution in [0.2, 0.25) is 0 Å². The summed E-state index contributed by atoms with van der Waals surface area (Å²) in [4.78, 5) is 13.8. The van der Waals surface area contributed by atoms with Crippen molar-refractivity contribution >= 4 is 17.7 Å². The number of aliphatic hydroxyl groups is 1. The first-order valence-electron chi connectivity index (χ1n) is 9.25. The summed E-state index contributed by atoms with van der Waals surface area (Å²) in [5.74, 6) is -1.10. The Morgan fingerprint density at radius 3 is 2.00 bits per heavy atom. The standard InChI is InChI=1S/C24H24O3S/c1-27-24(26)22(23(25)19-13-7-3-8-14-19)21(17-18-11-5-2-6-12-18)28-20-15-9-4-10-16-20/h2-16,21-23,25H,17H2,1H3/t21-,22+,23?/m0/s1. The van der Waals surface area contributed by atoms with E-state index < -0.39 is 18.0 Å². The highest BCUT2D eigenvalue weighted by molar-refractivity contribution is 8.00. The molecule has 0 fully saturated rings. The second kappa shape index (κ2) is 10.1. The van der Waals surface area contributed by atoms with Gasteiger partial charge in [-0.1, -0.05) is 78.9 Å². The van der Waals surface area contributed by atoms with Crippen molar-refractivity contribution in [3.63, 3.8) is 0 Å². The van der Waals surface area contributed by atoms with Crippen LogP contribution in [-0.2, 0) is 16.0 Å². The molecule has 0 heterocycles. The molecule has 3 rings (SSSR count). The molecule has 3 atom stereocenters. The van der Waals surface area contributed by atoms with Crippen molar-refractivity contribution in [1.82, 2.24) is 0 Å². The van der Waals surface area contributed by atoms with Crippen LogP contribution in [0.1, 0.15) is 17.2 Å². The van der Waals surface area contributed by atoms with Crippen LogP contribution < -0.4 is 0 Å². The van der Waals surface area contributed by atoms with Gasteiger partial charge in [-0.05, 0) is 29.7 Å². The van der Waals surface area contributed by atoms with Gasteiger partial charge in [-0.2, -0.15) is 0 Å². The molecule has 0 spiro atoms. The molecule has 3 aromatic rings. The minimum Gasteiger partial charge on any atom is -0.469 e. The van der Waals surface area contributed by atoms with Crippen LogP contribution >= 0.6 is 11.8 Å². The number of ether oxygens (including phenoxy) is 1. The summed E-state index contributed by atoms with van der Waals surface area (Å²) in [5, 5.41) is 10.9. The maximum Gasteiger partial charge on any atom is 0.312 e. The molecular formula is C24H24O3S. The van der Waals surface area contributed by atoms with Gasteiger partial charge in [0.2, 0.25) is 0 Å².